The number of amides is 3. The van der Waals surface area contributed by atoms with Gasteiger partial charge in [-0.25, -0.2) is 0 Å². The van der Waals surface area contributed by atoms with Crippen LogP contribution in [0.2, 0.25) is 0 Å². The number of likely N-dealkylation sites (tertiary alicyclic amines) is 1. The van der Waals surface area contributed by atoms with Crippen LogP contribution >= 0.6 is 0 Å². The van der Waals surface area contributed by atoms with Gasteiger partial charge in [-0.15, -0.1) is 0 Å². The summed E-state index contributed by atoms with van der Waals surface area (Å²) in [7, 11) is 0. The molecule has 0 atom stereocenters. The molecule has 9 heteroatoms. The molecule has 1 aromatic heterocycles. The summed E-state index contributed by atoms with van der Waals surface area (Å²) < 4.78 is 1.66. The summed E-state index contributed by atoms with van der Waals surface area (Å²) in [5.74, 6) is -0.409. The predicted octanol–water partition coefficient (Wildman–Crippen LogP) is 2.69. The molecule has 3 amide bonds. The largest absolute Gasteiger partial charge is 0.355 e. The average Bonchev–Trinajstić information content (AvgIpc) is 3.28. The molecule has 0 unspecified atom stereocenters. The molecular weight excluding hydrogens is 468 g/mol. The average molecular weight is 509 g/mol. The quantitative estimate of drug-likeness (QED) is 0.533. The zero-order valence-corrected chi connectivity index (χ0v) is 22.2. The van der Waals surface area contributed by atoms with Crippen LogP contribution in [0.4, 0.5) is 0 Å². The second-order valence-electron chi connectivity index (χ2n) is 10.1. The van der Waals surface area contributed by atoms with Crippen molar-refractivity contribution in [1.82, 2.24) is 29.8 Å². The number of fused-ring (bicyclic) bond motifs is 1. The molecule has 3 heterocycles. The fourth-order valence-electron chi connectivity index (χ4n) is 5.03. The minimum Gasteiger partial charge on any atom is -0.355 e. The lowest BCUT2D eigenvalue weighted by Crippen LogP contribution is -2.39. The van der Waals surface area contributed by atoms with Crippen LogP contribution in [0.15, 0.2) is 30.3 Å². The Kier molecular flexibility index (Phi) is 9.33. The van der Waals surface area contributed by atoms with Gasteiger partial charge in [0, 0.05) is 58.3 Å². The number of rotatable bonds is 10. The van der Waals surface area contributed by atoms with Crippen LogP contribution < -0.4 is 5.32 Å². The molecule has 0 aliphatic carbocycles. The van der Waals surface area contributed by atoms with Crippen LogP contribution in [0.3, 0.4) is 0 Å². The molecule has 0 bridgehead atoms. The molecule has 1 fully saturated rings. The summed E-state index contributed by atoms with van der Waals surface area (Å²) in [5, 5.41) is 7.46. The number of nitrogens with zero attached hydrogens (tertiary/aromatic N) is 5. The van der Waals surface area contributed by atoms with Crippen LogP contribution in [0, 0.1) is 6.92 Å². The van der Waals surface area contributed by atoms with Gasteiger partial charge in [-0.2, -0.15) is 5.10 Å². The molecule has 2 aliphatic rings. The topological polar surface area (TPSA) is 90.8 Å². The molecule has 2 aromatic rings. The fourth-order valence-corrected chi connectivity index (χ4v) is 5.03. The summed E-state index contributed by atoms with van der Waals surface area (Å²) in [6.07, 6.45) is 4.78. The molecule has 4 rings (SSSR count). The third kappa shape index (κ3) is 7.19. The first-order valence-electron chi connectivity index (χ1n) is 13.7. The summed E-state index contributed by atoms with van der Waals surface area (Å²) in [4.78, 5) is 44.7. The van der Waals surface area contributed by atoms with Crippen molar-refractivity contribution in [3.8, 4) is 0 Å². The number of benzene rings is 1. The van der Waals surface area contributed by atoms with Gasteiger partial charge in [0.25, 0.3) is 11.8 Å². The lowest BCUT2D eigenvalue weighted by atomic mass is 10.1. The second kappa shape index (κ2) is 12.9. The monoisotopic (exact) mass is 508 g/mol. The highest BCUT2D eigenvalue weighted by Crippen LogP contribution is 2.18. The van der Waals surface area contributed by atoms with Gasteiger partial charge < -0.3 is 20.0 Å². The number of hydrogen-bond donors (Lipinski definition) is 1. The molecule has 0 saturated carbocycles. The van der Waals surface area contributed by atoms with E-state index < -0.39 is 0 Å². The van der Waals surface area contributed by atoms with E-state index in [1.165, 1.54) is 24.8 Å². The highest BCUT2D eigenvalue weighted by molar-refractivity contribution is 5.98. The molecular formula is C28H40N6O3. The molecule has 200 valence electrons. The molecule has 0 radical (unpaired) electrons. The van der Waals surface area contributed by atoms with Crippen LogP contribution in [-0.2, 0) is 17.9 Å². The first kappa shape index (κ1) is 26.9. The number of carbonyl (C=O) groups is 3. The molecule has 1 saturated heterocycles. The Morgan fingerprint density at radius 2 is 1.78 bits per heavy atom. The normalized spacial score (nSPS) is 16.3. The van der Waals surface area contributed by atoms with E-state index in [2.05, 4.69) is 15.3 Å². The van der Waals surface area contributed by atoms with E-state index in [1.54, 1.807) is 15.6 Å². The van der Waals surface area contributed by atoms with Gasteiger partial charge in [0.15, 0.2) is 5.69 Å². The summed E-state index contributed by atoms with van der Waals surface area (Å²) in [6, 6.07) is 9.80. The van der Waals surface area contributed by atoms with E-state index >= 15 is 0 Å². The predicted molar refractivity (Wildman–Crippen MR) is 142 cm³/mol. The van der Waals surface area contributed by atoms with E-state index in [1.807, 2.05) is 43.0 Å². The van der Waals surface area contributed by atoms with Gasteiger partial charge in [-0.05, 0) is 51.8 Å². The van der Waals surface area contributed by atoms with E-state index in [0.29, 0.717) is 45.0 Å². The Hall–Kier alpha value is -3.20. The zero-order valence-electron chi connectivity index (χ0n) is 22.2. The van der Waals surface area contributed by atoms with Gasteiger partial charge >= 0.3 is 0 Å². The van der Waals surface area contributed by atoms with Crippen molar-refractivity contribution in [2.45, 2.75) is 59.0 Å². The number of piperidine rings is 1. The maximum atomic E-state index is 13.3. The van der Waals surface area contributed by atoms with Crippen molar-refractivity contribution >= 4 is 17.7 Å². The van der Waals surface area contributed by atoms with Crippen molar-refractivity contribution in [1.29, 1.82) is 0 Å². The molecule has 2 aliphatic heterocycles. The molecule has 1 aromatic carbocycles. The number of aryl methyl sites for hydroxylation is 2. The van der Waals surface area contributed by atoms with Gasteiger partial charge in [-0.3, -0.25) is 19.1 Å². The number of aromatic nitrogens is 2. The third-order valence-electron chi connectivity index (χ3n) is 7.27. The van der Waals surface area contributed by atoms with E-state index in [0.717, 1.165) is 31.6 Å². The van der Waals surface area contributed by atoms with Crippen LogP contribution in [0.5, 0.6) is 0 Å². The first-order chi connectivity index (χ1) is 17.9. The summed E-state index contributed by atoms with van der Waals surface area (Å²) >= 11 is 0. The Morgan fingerprint density at radius 3 is 2.51 bits per heavy atom. The van der Waals surface area contributed by atoms with Crippen molar-refractivity contribution in [3.63, 3.8) is 0 Å². The van der Waals surface area contributed by atoms with E-state index in [4.69, 9.17) is 0 Å². The van der Waals surface area contributed by atoms with Gasteiger partial charge in [0.05, 0.1) is 0 Å². The van der Waals surface area contributed by atoms with Gasteiger partial charge in [-0.1, -0.05) is 36.2 Å². The van der Waals surface area contributed by atoms with Gasteiger partial charge in [0.1, 0.15) is 5.69 Å². The fraction of sp³-hybridized carbons (Fsp3) is 0.571. The van der Waals surface area contributed by atoms with E-state index in [9.17, 15) is 14.4 Å². The number of carbonyl (C=O) groups excluding carboxylic acids is 3. The Morgan fingerprint density at radius 1 is 1.03 bits per heavy atom. The van der Waals surface area contributed by atoms with Crippen molar-refractivity contribution in [2.75, 3.05) is 45.8 Å². The Labute approximate surface area is 219 Å². The van der Waals surface area contributed by atoms with Crippen LogP contribution in [0.25, 0.3) is 0 Å². The van der Waals surface area contributed by atoms with Crippen molar-refractivity contribution < 1.29 is 14.4 Å². The lowest BCUT2D eigenvalue weighted by Gasteiger charge is -2.26. The van der Waals surface area contributed by atoms with Gasteiger partial charge in [0.2, 0.25) is 5.91 Å². The van der Waals surface area contributed by atoms with Crippen LogP contribution in [-0.4, -0.2) is 88.0 Å². The Balaban J connectivity index is 1.31. The van der Waals surface area contributed by atoms with E-state index in [-0.39, 0.29) is 29.8 Å². The summed E-state index contributed by atoms with van der Waals surface area (Å²) in [5.41, 5.74) is 2.96. The second-order valence-corrected chi connectivity index (χ2v) is 10.1. The Bertz CT molecular complexity index is 1070. The third-order valence-corrected chi connectivity index (χ3v) is 7.27. The molecule has 0 spiro atoms. The highest BCUT2D eigenvalue weighted by atomic mass is 16.2. The lowest BCUT2D eigenvalue weighted by molar-refractivity contribution is -0.121. The standard InChI is InChI=1S/C28H40N6O3/c1-3-32(18-12-26(35)29-13-19-31-14-5-4-6-15-31)27(36)24-20-25-28(37)33(16-7-17-34(25)30-24)21-23-10-8-22(2)9-11-23/h8-11,20H,3-7,12-19,21H2,1-2H3,(H,29,35). The SMILES string of the molecule is CCN(CCC(=O)NCCN1CCCCC1)C(=O)c1cc2n(n1)CCCN(Cc1ccc(C)cc1)C2=O. The molecule has 9 nitrogen and oxygen atoms in total. The zero-order chi connectivity index (χ0) is 26.2. The smallest absolute Gasteiger partial charge is 0.274 e. The van der Waals surface area contributed by atoms with Crippen molar-refractivity contribution in [2.24, 2.45) is 0 Å². The highest BCUT2D eigenvalue weighted by Gasteiger charge is 2.28. The molecule has 1 N–H and O–H groups in total. The minimum absolute atomic E-state index is 0.0502. The van der Waals surface area contributed by atoms with Crippen molar-refractivity contribution in [3.05, 3.63) is 52.8 Å². The van der Waals surface area contributed by atoms with Crippen LogP contribution in [0.1, 0.15) is 71.1 Å². The molecule has 37 heavy (non-hydrogen) atoms. The number of nitrogens with one attached hydrogen (secondary N) is 1. The maximum absolute atomic E-state index is 13.3. The minimum atomic E-state index is -0.248. The maximum Gasteiger partial charge on any atom is 0.274 e. The first-order valence-corrected chi connectivity index (χ1v) is 13.7. The number of hydrogen-bond acceptors (Lipinski definition) is 5. The summed E-state index contributed by atoms with van der Waals surface area (Å²) in [6.45, 7) is 10.2.